The molecule has 0 fully saturated rings. The first kappa shape index (κ1) is 8.34. The highest BCUT2D eigenvalue weighted by atomic mass is 31.1. The Balaban J connectivity index is 2.68. The molecule has 0 amide bonds. The molecule has 0 radical (unpaired) electrons. The van der Waals surface area contributed by atoms with Gasteiger partial charge in [-0.15, -0.1) is 0 Å². The van der Waals surface area contributed by atoms with Gasteiger partial charge in [-0.3, -0.25) is 4.52 Å². The monoisotopic (exact) mass is 169 g/mol. The summed E-state index contributed by atoms with van der Waals surface area (Å²) in [6.45, 7) is 0. The fourth-order valence-corrected chi connectivity index (χ4v) is 0.964. The number of hydrogen-bond donors (Lipinski definition) is 1. The van der Waals surface area contributed by atoms with Crippen LogP contribution in [0.25, 0.3) is 0 Å². The summed E-state index contributed by atoms with van der Waals surface area (Å²) in [5.74, 6) is 0. The van der Waals surface area contributed by atoms with Crippen LogP contribution in [0.1, 0.15) is 11.8 Å². The Bertz CT molecular complexity index is 227. The van der Waals surface area contributed by atoms with E-state index in [1.165, 1.54) is 0 Å². The van der Waals surface area contributed by atoms with E-state index in [2.05, 4.69) is 4.52 Å². The fourth-order valence-electron chi connectivity index (χ4n) is 0.750. The van der Waals surface area contributed by atoms with Gasteiger partial charge in [0.05, 0.1) is 0 Å². The molecule has 1 rings (SSSR count). The van der Waals surface area contributed by atoms with E-state index >= 15 is 0 Å². The molecule has 4 heteroatoms. The van der Waals surface area contributed by atoms with E-state index in [-0.39, 0.29) is 0 Å². The van der Waals surface area contributed by atoms with Crippen molar-refractivity contribution in [1.82, 2.24) is 0 Å². The molecule has 11 heavy (non-hydrogen) atoms. The zero-order valence-corrected chi connectivity index (χ0v) is 6.70. The van der Waals surface area contributed by atoms with Crippen LogP contribution in [0, 0.1) is 0 Å². The number of benzene rings is 1. The second-order valence-electron chi connectivity index (χ2n) is 2.01. The smallest absolute Gasteiger partial charge is 0.301 e. The molecular formula is C7H8NO2P. The van der Waals surface area contributed by atoms with Gasteiger partial charge in [-0.2, -0.15) is 0 Å². The van der Waals surface area contributed by atoms with Gasteiger partial charge < -0.3 is 5.73 Å². The molecule has 0 heterocycles. The molecule has 0 saturated heterocycles. The third-order valence-electron chi connectivity index (χ3n) is 1.28. The summed E-state index contributed by atoms with van der Waals surface area (Å²) in [5.41, 5.74) is 6.29. The van der Waals surface area contributed by atoms with Crippen LogP contribution < -0.4 is 5.73 Å². The normalized spacial score (nSPS) is 13.2. The van der Waals surface area contributed by atoms with Gasteiger partial charge in [0.25, 0.3) is 0 Å². The Morgan fingerprint density at radius 2 is 2.00 bits per heavy atom. The largest absolute Gasteiger partial charge is 0.329 e. The summed E-state index contributed by atoms with van der Waals surface area (Å²) in [7, 11) is -0.391. The number of rotatable bonds is 3. The van der Waals surface area contributed by atoms with Crippen LogP contribution in [0.3, 0.4) is 0 Å². The molecule has 0 saturated carbocycles. The zero-order valence-electron chi connectivity index (χ0n) is 5.81. The highest BCUT2D eigenvalue weighted by Crippen LogP contribution is 2.15. The van der Waals surface area contributed by atoms with Crippen LogP contribution in [0.5, 0.6) is 0 Å². The summed E-state index contributed by atoms with van der Waals surface area (Å²) in [6.07, 6.45) is -0.602. The van der Waals surface area contributed by atoms with Crippen LogP contribution in [0.2, 0.25) is 0 Å². The van der Waals surface area contributed by atoms with Gasteiger partial charge >= 0.3 is 8.69 Å². The van der Waals surface area contributed by atoms with Gasteiger partial charge in [-0.1, -0.05) is 30.3 Å². The SMILES string of the molecule is NC(OP=O)c1ccccc1. The molecular weight excluding hydrogens is 161 g/mol. The second-order valence-corrected chi connectivity index (χ2v) is 2.37. The van der Waals surface area contributed by atoms with E-state index in [1.54, 1.807) is 0 Å². The van der Waals surface area contributed by atoms with Crippen LogP contribution >= 0.6 is 8.69 Å². The summed E-state index contributed by atoms with van der Waals surface area (Å²) in [5, 5.41) is 0. The van der Waals surface area contributed by atoms with Crippen LogP contribution in [-0.4, -0.2) is 0 Å². The second kappa shape index (κ2) is 4.19. The van der Waals surface area contributed by atoms with E-state index in [0.717, 1.165) is 5.56 Å². The van der Waals surface area contributed by atoms with E-state index in [4.69, 9.17) is 5.73 Å². The van der Waals surface area contributed by atoms with Crippen molar-refractivity contribution in [1.29, 1.82) is 0 Å². The lowest BCUT2D eigenvalue weighted by Gasteiger charge is -2.05. The third kappa shape index (κ3) is 2.39. The Kier molecular flexibility index (Phi) is 3.17. The lowest BCUT2D eigenvalue weighted by molar-refractivity contribution is 0.238. The molecule has 2 N–H and O–H groups in total. The Hall–Kier alpha value is -0.760. The van der Waals surface area contributed by atoms with Crippen molar-refractivity contribution >= 4 is 8.69 Å². The first-order chi connectivity index (χ1) is 5.34. The van der Waals surface area contributed by atoms with Gasteiger partial charge in [-0.25, -0.2) is 4.57 Å². The molecule has 0 aliphatic rings. The molecule has 58 valence electrons. The molecule has 0 spiro atoms. The van der Waals surface area contributed by atoms with Crippen molar-refractivity contribution in [2.45, 2.75) is 6.23 Å². The lowest BCUT2D eigenvalue weighted by Crippen LogP contribution is -2.09. The van der Waals surface area contributed by atoms with E-state index < -0.39 is 14.9 Å². The van der Waals surface area contributed by atoms with E-state index in [1.807, 2.05) is 30.3 Å². The van der Waals surface area contributed by atoms with Crippen LogP contribution in [0.15, 0.2) is 30.3 Å². The fraction of sp³-hybridized carbons (Fsp3) is 0.143. The van der Waals surface area contributed by atoms with Gasteiger partial charge in [-0.05, 0) is 5.56 Å². The maximum absolute atomic E-state index is 9.98. The molecule has 1 aromatic rings. The standard InChI is InChI=1S/C7H8NO2P/c8-7(10-11-9)6-4-2-1-3-5-6/h1-5,7H,8H2. The van der Waals surface area contributed by atoms with Gasteiger partial charge in [0.2, 0.25) is 0 Å². The van der Waals surface area contributed by atoms with Gasteiger partial charge in [0.15, 0.2) is 0 Å². The Morgan fingerprint density at radius 1 is 1.36 bits per heavy atom. The molecule has 1 aromatic carbocycles. The van der Waals surface area contributed by atoms with Crippen molar-refractivity contribution in [3.8, 4) is 0 Å². The van der Waals surface area contributed by atoms with Crippen molar-refractivity contribution in [2.75, 3.05) is 0 Å². The molecule has 1 unspecified atom stereocenters. The zero-order chi connectivity index (χ0) is 8.10. The summed E-state index contributed by atoms with van der Waals surface area (Å²) >= 11 is 0. The highest BCUT2D eigenvalue weighted by molar-refractivity contribution is 7.17. The minimum absolute atomic E-state index is 0.391. The van der Waals surface area contributed by atoms with Gasteiger partial charge in [0, 0.05) is 0 Å². The predicted octanol–water partition coefficient (Wildman–Crippen LogP) is 1.87. The quantitative estimate of drug-likeness (QED) is 0.555. The lowest BCUT2D eigenvalue weighted by atomic mass is 10.2. The maximum Gasteiger partial charge on any atom is 0.329 e. The molecule has 0 bridgehead atoms. The molecule has 0 aliphatic heterocycles. The summed E-state index contributed by atoms with van der Waals surface area (Å²) in [4.78, 5) is 0. The van der Waals surface area contributed by atoms with E-state index in [9.17, 15) is 4.57 Å². The first-order valence-corrected chi connectivity index (χ1v) is 3.86. The topological polar surface area (TPSA) is 52.3 Å². The molecule has 1 atom stereocenters. The molecule has 0 aromatic heterocycles. The molecule has 0 aliphatic carbocycles. The first-order valence-electron chi connectivity index (χ1n) is 3.13. The van der Waals surface area contributed by atoms with Crippen molar-refractivity contribution in [2.24, 2.45) is 5.73 Å². The summed E-state index contributed by atoms with van der Waals surface area (Å²) < 4.78 is 14.6. The Labute approximate surface area is 66.5 Å². The Morgan fingerprint density at radius 3 is 2.55 bits per heavy atom. The summed E-state index contributed by atoms with van der Waals surface area (Å²) in [6, 6.07) is 9.21. The minimum Gasteiger partial charge on any atom is -0.301 e. The highest BCUT2D eigenvalue weighted by Gasteiger charge is 2.03. The third-order valence-corrected chi connectivity index (χ3v) is 1.60. The van der Waals surface area contributed by atoms with E-state index in [0.29, 0.717) is 0 Å². The molecule has 3 nitrogen and oxygen atoms in total. The number of nitrogens with two attached hydrogens (primary N) is 1. The minimum atomic E-state index is -0.602. The van der Waals surface area contributed by atoms with Crippen molar-refractivity contribution < 1.29 is 9.09 Å². The maximum atomic E-state index is 9.98. The van der Waals surface area contributed by atoms with Gasteiger partial charge in [0.1, 0.15) is 6.23 Å². The van der Waals surface area contributed by atoms with Crippen molar-refractivity contribution in [3.05, 3.63) is 35.9 Å². The average Bonchev–Trinajstić information content (AvgIpc) is 2.07. The van der Waals surface area contributed by atoms with Crippen LogP contribution in [-0.2, 0) is 9.09 Å². The van der Waals surface area contributed by atoms with Crippen molar-refractivity contribution in [3.63, 3.8) is 0 Å². The van der Waals surface area contributed by atoms with Crippen LogP contribution in [0.4, 0.5) is 0 Å². The number of hydrogen-bond acceptors (Lipinski definition) is 3. The predicted molar refractivity (Wildman–Crippen MR) is 42.1 cm³/mol. The average molecular weight is 169 g/mol.